The average molecular weight is 392 g/mol. The molecular weight excluding hydrogens is 369 g/mol. The summed E-state index contributed by atoms with van der Waals surface area (Å²) in [6.45, 7) is 4.20. The highest BCUT2D eigenvalue weighted by molar-refractivity contribution is 5.94. The minimum atomic E-state index is -4.41. The Balaban J connectivity index is 1.55. The number of halogens is 3. The van der Waals surface area contributed by atoms with Crippen LogP contribution in [0, 0.1) is 6.92 Å². The second-order valence-corrected chi connectivity index (χ2v) is 6.99. The van der Waals surface area contributed by atoms with Gasteiger partial charge in [0.15, 0.2) is 6.61 Å². The Morgan fingerprint density at radius 2 is 1.75 bits per heavy atom. The molecular formula is C21H23F3N2O2. The van der Waals surface area contributed by atoms with Gasteiger partial charge in [-0.3, -0.25) is 9.69 Å². The van der Waals surface area contributed by atoms with Crippen molar-refractivity contribution in [3.05, 3.63) is 65.2 Å². The van der Waals surface area contributed by atoms with E-state index in [0.29, 0.717) is 18.7 Å². The van der Waals surface area contributed by atoms with Crippen molar-refractivity contribution in [2.45, 2.75) is 19.6 Å². The van der Waals surface area contributed by atoms with E-state index < -0.39 is 12.8 Å². The topological polar surface area (TPSA) is 32.8 Å². The number of benzene rings is 2. The van der Waals surface area contributed by atoms with Gasteiger partial charge in [0.25, 0.3) is 5.91 Å². The van der Waals surface area contributed by atoms with Gasteiger partial charge in [-0.15, -0.1) is 0 Å². The second kappa shape index (κ2) is 8.65. The fourth-order valence-electron chi connectivity index (χ4n) is 3.24. The molecule has 1 aliphatic rings. The number of hydrogen-bond acceptors (Lipinski definition) is 3. The molecule has 0 radical (unpaired) electrons. The summed E-state index contributed by atoms with van der Waals surface area (Å²) in [5.41, 5.74) is 2.81. The minimum absolute atomic E-state index is 0.0428. The van der Waals surface area contributed by atoms with Gasteiger partial charge in [-0.2, -0.15) is 13.2 Å². The molecule has 0 aromatic heterocycles. The van der Waals surface area contributed by atoms with Crippen molar-refractivity contribution in [1.82, 2.24) is 9.80 Å². The highest BCUT2D eigenvalue weighted by atomic mass is 19.4. The van der Waals surface area contributed by atoms with E-state index in [1.54, 1.807) is 11.0 Å². The van der Waals surface area contributed by atoms with Crippen LogP contribution < -0.4 is 4.74 Å². The number of alkyl halides is 3. The van der Waals surface area contributed by atoms with Crippen molar-refractivity contribution in [2.75, 3.05) is 32.8 Å². The number of nitrogens with zero attached hydrogens (tertiary/aromatic N) is 2. The maximum Gasteiger partial charge on any atom is 0.422 e. The fraction of sp³-hybridized carbons (Fsp3) is 0.381. The first-order valence-electron chi connectivity index (χ1n) is 9.17. The van der Waals surface area contributed by atoms with E-state index in [2.05, 4.69) is 30.0 Å². The van der Waals surface area contributed by atoms with Crippen molar-refractivity contribution < 1.29 is 22.7 Å². The molecule has 2 aromatic carbocycles. The summed E-state index contributed by atoms with van der Waals surface area (Å²) >= 11 is 0. The standard InChI is InChI=1S/C21H23F3N2O2/c1-16-4-2-5-17(12-16)14-25-8-10-26(11-9-25)20(27)18-6-3-7-19(13-18)28-15-21(22,23)24/h2-7,12-13H,8-11,14-15H2,1H3. The predicted octanol–water partition coefficient (Wildman–Crippen LogP) is 3.89. The normalized spacial score (nSPS) is 15.5. The van der Waals surface area contributed by atoms with Gasteiger partial charge in [-0.1, -0.05) is 35.9 Å². The lowest BCUT2D eigenvalue weighted by molar-refractivity contribution is -0.153. The van der Waals surface area contributed by atoms with Crippen LogP contribution >= 0.6 is 0 Å². The third kappa shape index (κ3) is 5.73. The Morgan fingerprint density at radius 3 is 2.43 bits per heavy atom. The number of carbonyl (C=O) groups is 1. The number of rotatable bonds is 5. The van der Waals surface area contributed by atoms with Gasteiger partial charge in [0.1, 0.15) is 5.75 Å². The fourth-order valence-corrected chi connectivity index (χ4v) is 3.24. The molecule has 1 amide bonds. The van der Waals surface area contributed by atoms with Crippen molar-refractivity contribution in [2.24, 2.45) is 0 Å². The maximum atomic E-state index is 12.7. The van der Waals surface area contributed by atoms with Gasteiger partial charge in [-0.25, -0.2) is 0 Å². The molecule has 0 bridgehead atoms. The highest BCUT2D eigenvalue weighted by Crippen LogP contribution is 2.20. The van der Waals surface area contributed by atoms with Gasteiger partial charge in [-0.05, 0) is 30.7 Å². The van der Waals surface area contributed by atoms with Crippen LogP contribution in [0.1, 0.15) is 21.5 Å². The van der Waals surface area contributed by atoms with Crippen LogP contribution in [-0.4, -0.2) is 54.7 Å². The molecule has 0 aliphatic carbocycles. The van der Waals surface area contributed by atoms with Crippen LogP contribution in [0.15, 0.2) is 48.5 Å². The number of ether oxygens (including phenoxy) is 1. The minimum Gasteiger partial charge on any atom is -0.484 e. The number of amides is 1. The number of aryl methyl sites for hydroxylation is 1. The van der Waals surface area contributed by atoms with E-state index in [-0.39, 0.29) is 11.7 Å². The number of carbonyl (C=O) groups excluding carboxylic acids is 1. The largest absolute Gasteiger partial charge is 0.484 e. The van der Waals surface area contributed by atoms with Crippen LogP contribution in [-0.2, 0) is 6.54 Å². The first kappa shape index (κ1) is 20.2. The Morgan fingerprint density at radius 1 is 1.04 bits per heavy atom. The van der Waals surface area contributed by atoms with Crippen LogP contribution in [0.2, 0.25) is 0 Å². The zero-order chi connectivity index (χ0) is 20.1. The summed E-state index contributed by atoms with van der Waals surface area (Å²) in [5, 5.41) is 0. The molecule has 0 N–H and O–H groups in total. The zero-order valence-electron chi connectivity index (χ0n) is 15.7. The van der Waals surface area contributed by atoms with E-state index in [0.717, 1.165) is 19.6 Å². The second-order valence-electron chi connectivity index (χ2n) is 6.99. The summed E-state index contributed by atoms with van der Waals surface area (Å²) in [7, 11) is 0. The lowest BCUT2D eigenvalue weighted by Crippen LogP contribution is -2.48. The van der Waals surface area contributed by atoms with Crippen LogP contribution in [0.3, 0.4) is 0 Å². The molecule has 150 valence electrons. The van der Waals surface area contributed by atoms with E-state index in [1.165, 1.54) is 29.3 Å². The summed E-state index contributed by atoms with van der Waals surface area (Å²) in [5.74, 6) is -0.145. The van der Waals surface area contributed by atoms with Crippen molar-refractivity contribution in [1.29, 1.82) is 0 Å². The molecule has 1 heterocycles. The molecule has 1 fully saturated rings. The van der Waals surface area contributed by atoms with Crippen molar-refractivity contribution in [3.8, 4) is 5.75 Å². The molecule has 4 nitrogen and oxygen atoms in total. The molecule has 0 saturated carbocycles. The van der Waals surface area contributed by atoms with Crippen molar-refractivity contribution >= 4 is 5.91 Å². The average Bonchev–Trinajstić information content (AvgIpc) is 2.66. The summed E-state index contributed by atoms with van der Waals surface area (Å²) in [4.78, 5) is 16.7. The Bertz CT molecular complexity index is 815. The lowest BCUT2D eigenvalue weighted by Gasteiger charge is -2.35. The first-order chi connectivity index (χ1) is 13.3. The van der Waals surface area contributed by atoms with Crippen LogP contribution in [0.4, 0.5) is 13.2 Å². The third-order valence-electron chi connectivity index (χ3n) is 4.63. The Labute approximate surface area is 162 Å². The van der Waals surface area contributed by atoms with E-state index >= 15 is 0 Å². The molecule has 7 heteroatoms. The maximum absolute atomic E-state index is 12.7. The monoisotopic (exact) mass is 392 g/mol. The molecule has 0 atom stereocenters. The van der Waals surface area contributed by atoms with Gasteiger partial charge in [0.05, 0.1) is 0 Å². The van der Waals surface area contributed by atoms with Gasteiger partial charge < -0.3 is 9.64 Å². The van der Waals surface area contributed by atoms with E-state index in [9.17, 15) is 18.0 Å². The quantitative estimate of drug-likeness (QED) is 0.774. The summed E-state index contributed by atoms with van der Waals surface area (Å²) < 4.78 is 41.6. The lowest BCUT2D eigenvalue weighted by atomic mass is 10.1. The predicted molar refractivity (Wildman–Crippen MR) is 100 cm³/mol. The van der Waals surface area contributed by atoms with Crippen LogP contribution in [0.25, 0.3) is 0 Å². The molecule has 1 saturated heterocycles. The smallest absolute Gasteiger partial charge is 0.422 e. The van der Waals surface area contributed by atoms with Crippen molar-refractivity contribution in [3.63, 3.8) is 0 Å². The number of piperazine rings is 1. The van der Waals surface area contributed by atoms with Gasteiger partial charge >= 0.3 is 6.18 Å². The SMILES string of the molecule is Cc1cccc(CN2CCN(C(=O)c3cccc(OCC(F)(F)F)c3)CC2)c1. The molecule has 1 aliphatic heterocycles. The molecule has 3 rings (SSSR count). The Hall–Kier alpha value is -2.54. The molecule has 0 unspecified atom stereocenters. The molecule has 2 aromatic rings. The molecule has 28 heavy (non-hydrogen) atoms. The third-order valence-corrected chi connectivity index (χ3v) is 4.63. The van der Waals surface area contributed by atoms with Gasteiger partial charge in [0, 0.05) is 38.3 Å². The molecule has 0 spiro atoms. The van der Waals surface area contributed by atoms with Gasteiger partial charge in [0.2, 0.25) is 0 Å². The zero-order valence-corrected chi connectivity index (χ0v) is 15.7. The Kier molecular flexibility index (Phi) is 6.24. The highest BCUT2D eigenvalue weighted by Gasteiger charge is 2.28. The summed E-state index contributed by atoms with van der Waals surface area (Å²) in [6, 6.07) is 14.3. The summed E-state index contributed by atoms with van der Waals surface area (Å²) in [6.07, 6.45) is -4.41. The van der Waals surface area contributed by atoms with Crippen LogP contribution in [0.5, 0.6) is 5.75 Å². The first-order valence-corrected chi connectivity index (χ1v) is 9.17. The number of hydrogen-bond donors (Lipinski definition) is 0. The van der Waals surface area contributed by atoms with E-state index in [4.69, 9.17) is 4.74 Å². The van der Waals surface area contributed by atoms with E-state index in [1.807, 2.05) is 6.07 Å².